The van der Waals surface area contributed by atoms with Crippen LogP contribution in [0.3, 0.4) is 0 Å². The van der Waals surface area contributed by atoms with Gasteiger partial charge in [0.1, 0.15) is 17.3 Å². The van der Waals surface area contributed by atoms with Crippen molar-refractivity contribution < 1.29 is 24.2 Å². The molecule has 1 fully saturated rings. The van der Waals surface area contributed by atoms with Gasteiger partial charge in [-0.25, -0.2) is 0 Å². The van der Waals surface area contributed by atoms with Crippen LogP contribution >= 0.6 is 0 Å². The number of fused-ring (bicyclic) bond motifs is 1. The van der Waals surface area contributed by atoms with Crippen LogP contribution in [0.2, 0.25) is 0 Å². The van der Waals surface area contributed by atoms with E-state index in [1.807, 2.05) is 80.6 Å². The zero-order chi connectivity index (χ0) is 26.8. The average Bonchev–Trinajstić information content (AvgIpc) is 3.17. The van der Waals surface area contributed by atoms with Gasteiger partial charge in [-0.3, -0.25) is 9.59 Å². The molecular formula is C32H33NO5. The fourth-order valence-electron chi connectivity index (χ4n) is 5.39. The number of aliphatic hydroxyl groups excluding tert-OH is 1. The van der Waals surface area contributed by atoms with E-state index < -0.39 is 17.7 Å². The highest BCUT2D eigenvalue weighted by atomic mass is 16.5. The van der Waals surface area contributed by atoms with Crippen LogP contribution in [0.5, 0.6) is 11.5 Å². The van der Waals surface area contributed by atoms with Gasteiger partial charge in [-0.2, -0.15) is 0 Å². The number of benzene rings is 3. The van der Waals surface area contributed by atoms with E-state index in [0.717, 1.165) is 36.8 Å². The molecule has 0 radical (unpaired) electrons. The molecule has 0 saturated carbocycles. The Morgan fingerprint density at radius 1 is 0.947 bits per heavy atom. The number of rotatable bonds is 7. The number of hydrogen-bond acceptors (Lipinski definition) is 5. The van der Waals surface area contributed by atoms with Crippen LogP contribution in [-0.2, 0) is 29.0 Å². The lowest BCUT2D eigenvalue weighted by Crippen LogP contribution is -2.29. The topological polar surface area (TPSA) is 76.1 Å². The fourth-order valence-corrected chi connectivity index (χ4v) is 5.39. The molecule has 6 nitrogen and oxygen atoms in total. The number of aliphatic hydroxyl groups is 1. The van der Waals surface area contributed by atoms with Crippen LogP contribution in [0.1, 0.15) is 60.5 Å². The Bertz CT molecular complexity index is 1390. The van der Waals surface area contributed by atoms with E-state index in [9.17, 15) is 14.7 Å². The van der Waals surface area contributed by atoms with Crippen molar-refractivity contribution in [2.24, 2.45) is 0 Å². The van der Waals surface area contributed by atoms with Gasteiger partial charge in [0.15, 0.2) is 0 Å². The third kappa shape index (κ3) is 5.03. The van der Waals surface area contributed by atoms with Crippen molar-refractivity contribution in [2.75, 3.05) is 7.11 Å². The quantitative estimate of drug-likeness (QED) is 0.240. The lowest BCUT2D eigenvalue weighted by molar-refractivity contribution is -0.140. The molecule has 1 aliphatic heterocycles. The third-order valence-corrected chi connectivity index (χ3v) is 7.22. The second-order valence-corrected chi connectivity index (χ2v) is 10.2. The summed E-state index contributed by atoms with van der Waals surface area (Å²) in [6.45, 7) is 4.10. The second-order valence-electron chi connectivity index (χ2n) is 10.2. The molecule has 38 heavy (non-hydrogen) atoms. The summed E-state index contributed by atoms with van der Waals surface area (Å²) >= 11 is 0. The highest BCUT2D eigenvalue weighted by Crippen LogP contribution is 2.41. The van der Waals surface area contributed by atoms with Crippen LogP contribution in [0.15, 0.2) is 72.3 Å². The van der Waals surface area contributed by atoms with Gasteiger partial charge >= 0.3 is 0 Å². The molecule has 6 heteroatoms. The maximum absolute atomic E-state index is 13.5. The summed E-state index contributed by atoms with van der Waals surface area (Å²) < 4.78 is 11.1. The van der Waals surface area contributed by atoms with Gasteiger partial charge in [0.2, 0.25) is 0 Å². The molecular weight excluding hydrogens is 478 g/mol. The monoisotopic (exact) mass is 511 g/mol. The van der Waals surface area contributed by atoms with Gasteiger partial charge in [0.25, 0.3) is 11.7 Å². The normalized spacial score (nSPS) is 18.5. The van der Waals surface area contributed by atoms with Gasteiger partial charge in [-0.1, -0.05) is 36.4 Å². The molecule has 1 unspecified atom stereocenters. The van der Waals surface area contributed by atoms with Crippen LogP contribution in [-0.4, -0.2) is 34.9 Å². The Labute approximate surface area is 223 Å². The van der Waals surface area contributed by atoms with Crippen molar-refractivity contribution >= 4 is 17.4 Å². The van der Waals surface area contributed by atoms with E-state index in [1.54, 1.807) is 7.11 Å². The lowest BCUT2D eigenvalue weighted by atomic mass is 9.88. The SMILES string of the molecule is COc1cccc(CN2C(=O)C(=O)/C(=C(\O)c3ccc4c(c3)CCCC4)C2c2ccc(OC(C)C)cc2)c1. The van der Waals surface area contributed by atoms with Crippen LogP contribution in [0.4, 0.5) is 0 Å². The van der Waals surface area contributed by atoms with E-state index >= 15 is 0 Å². The van der Waals surface area contributed by atoms with Crippen molar-refractivity contribution in [3.8, 4) is 11.5 Å². The Hall–Kier alpha value is -4.06. The number of aryl methyl sites for hydroxylation is 2. The molecule has 0 aromatic heterocycles. The maximum atomic E-state index is 13.5. The molecule has 2 aliphatic rings. The number of nitrogens with zero attached hydrogens (tertiary/aromatic N) is 1. The van der Waals surface area contributed by atoms with Crippen LogP contribution < -0.4 is 9.47 Å². The second kappa shape index (κ2) is 10.7. The summed E-state index contributed by atoms with van der Waals surface area (Å²) in [5.74, 6) is -0.101. The first-order valence-corrected chi connectivity index (χ1v) is 13.2. The molecule has 3 aromatic rings. The van der Waals surface area contributed by atoms with E-state index in [-0.39, 0.29) is 24.0 Å². The minimum Gasteiger partial charge on any atom is -0.507 e. The predicted molar refractivity (Wildman–Crippen MR) is 146 cm³/mol. The molecule has 1 amide bonds. The highest BCUT2D eigenvalue weighted by Gasteiger charge is 2.46. The van der Waals surface area contributed by atoms with Crippen LogP contribution in [0, 0.1) is 0 Å². The highest BCUT2D eigenvalue weighted by molar-refractivity contribution is 6.46. The Kier molecular flexibility index (Phi) is 7.23. The summed E-state index contributed by atoms with van der Waals surface area (Å²) in [5, 5.41) is 11.5. The first-order chi connectivity index (χ1) is 18.4. The van der Waals surface area contributed by atoms with Crippen molar-refractivity contribution in [3.05, 3.63) is 100 Å². The number of ketones is 1. The molecule has 1 N–H and O–H groups in total. The molecule has 3 aromatic carbocycles. The van der Waals surface area contributed by atoms with Gasteiger partial charge in [-0.15, -0.1) is 0 Å². The van der Waals surface area contributed by atoms with E-state index in [1.165, 1.54) is 16.0 Å². The summed E-state index contributed by atoms with van der Waals surface area (Å²) in [4.78, 5) is 28.4. The molecule has 1 aliphatic carbocycles. The third-order valence-electron chi connectivity index (χ3n) is 7.22. The van der Waals surface area contributed by atoms with E-state index in [2.05, 4.69) is 0 Å². The van der Waals surface area contributed by atoms with Gasteiger partial charge in [-0.05, 0) is 92.1 Å². The standard InChI is InChI=1S/C32H33NO5/c1-20(2)38-26-15-13-23(14-16-26)29-28(30(34)25-12-11-22-8-4-5-9-24(22)18-25)31(35)32(36)33(29)19-21-7-6-10-27(17-21)37-3/h6-7,10-18,20,29,34H,4-5,8-9,19H2,1-3H3/b30-28-. The summed E-state index contributed by atoms with van der Waals surface area (Å²) in [7, 11) is 1.59. The van der Waals surface area contributed by atoms with Gasteiger partial charge in [0, 0.05) is 12.1 Å². The van der Waals surface area contributed by atoms with E-state index in [0.29, 0.717) is 17.1 Å². The number of carbonyl (C=O) groups is 2. The number of Topliss-reactive ketones (excluding diaryl/α,β-unsaturated/α-hetero) is 1. The van der Waals surface area contributed by atoms with Gasteiger partial charge in [0.05, 0.1) is 24.8 Å². The largest absolute Gasteiger partial charge is 0.507 e. The smallest absolute Gasteiger partial charge is 0.295 e. The minimum absolute atomic E-state index is 0.0172. The zero-order valence-corrected chi connectivity index (χ0v) is 22.1. The molecule has 5 rings (SSSR count). The Balaban J connectivity index is 1.60. The first-order valence-electron chi connectivity index (χ1n) is 13.2. The van der Waals surface area contributed by atoms with E-state index in [4.69, 9.17) is 9.47 Å². The maximum Gasteiger partial charge on any atom is 0.295 e. The average molecular weight is 512 g/mol. The van der Waals surface area contributed by atoms with Crippen molar-refractivity contribution in [1.29, 1.82) is 0 Å². The van der Waals surface area contributed by atoms with Gasteiger partial charge < -0.3 is 19.5 Å². The molecule has 1 atom stereocenters. The number of ether oxygens (including phenoxy) is 2. The molecule has 196 valence electrons. The first kappa shape index (κ1) is 25.6. The summed E-state index contributed by atoms with van der Waals surface area (Å²) in [6, 6.07) is 19.9. The summed E-state index contributed by atoms with van der Waals surface area (Å²) in [6.07, 6.45) is 4.24. The molecule has 1 heterocycles. The molecule has 0 spiro atoms. The fraction of sp³-hybridized carbons (Fsp3) is 0.312. The van der Waals surface area contributed by atoms with Crippen molar-refractivity contribution in [2.45, 2.75) is 58.2 Å². The number of amides is 1. The minimum atomic E-state index is -0.745. The lowest BCUT2D eigenvalue weighted by Gasteiger charge is -2.26. The molecule has 1 saturated heterocycles. The Morgan fingerprint density at radius 2 is 1.68 bits per heavy atom. The summed E-state index contributed by atoms with van der Waals surface area (Å²) in [5.41, 5.74) is 4.69. The number of likely N-dealkylation sites (tertiary alicyclic amines) is 1. The predicted octanol–water partition coefficient (Wildman–Crippen LogP) is 5.98. The van der Waals surface area contributed by atoms with Crippen molar-refractivity contribution in [1.82, 2.24) is 4.90 Å². The number of carbonyl (C=O) groups excluding carboxylic acids is 2. The molecule has 0 bridgehead atoms. The zero-order valence-electron chi connectivity index (χ0n) is 22.1. The number of methoxy groups -OCH3 is 1. The van der Waals surface area contributed by atoms with Crippen LogP contribution in [0.25, 0.3) is 5.76 Å². The Morgan fingerprint density at radius 3 is 2.39 bits per heavy atom. The van der Waals surface area contributed by atoms with Crippen molar-refractivity contribution in [3.63, 3.8) is 0 Å². The number of hydrogen-bond donors (Lipinski definition) is 1.